The van der Waals surface area contributed by atoms with Gasteiger partial charge in [-0.05, 0) is 18.1 Å². The van der Waals surface area contributed by atoms with Crippen molar-refractivity contribution in [2.45, 2.75) is 6.42 Å². The maximum absolute atomic E-state index is 10.6. The molecular weight excluding hydrogens is 234 g/mol. The average Bonchev–Trinajstić information content (AvgIpc) is 2.19. The van der Waals surface area contributed by atoms with Crippen LogP contribution in [0.4, 0.5) is 5.69 Å². The molecule has 1 aromatic rings. The Morgan fingerprint density at radius 1 is 1.56 bits per heavy atom. The van der Waals surface area contributed by atoms with Crippen LogP contribution in [0.25, 0.3) is 0 Å². The molecule has 0 radical (unpaired) electrons. The lowest BCUT2D eigenvalue weighted by Gasteiger charge is -1.98. The normalized spacial score (nSPS) is 10.6. The minimum atomic E-state index is -1.05. The Morgan fingerprint density at radius 2 is 2.25 bits per heavy atom. The summed E-state index contributed by atoms with van der Waals surface area (Å²) in [4.78, 5) is 20.2. The molecule has 0 aliphatic carbocycles. The van der Waals surface area contributed by atoms with E-state index < -0.39 is 10.9 Å². The van der Waals surface area contributed by atoms with Crippen LogP contribution in [0.15, 0.2) is 30.4 Å². The van der Waals surface area contributed by atoms with Gasteiger partial charge in [-0.3, -0.25) is 10.1 Å². The molecule has 1 aromatic carbocycles. The van der Waals surface area contributed by atoms with E-state index in [2.05, 4.69) is 0 Å². The van der Waals surface area contributed by atoms with Crippen LogP contribution >= 0.6 is 11.6 Å². The van der Waals surface area contributed by atoms with Crippen molar-refractivity contribution < 1.29 is 14.8 Å². The number of nitro benzene ring substituents is 1. The van der Waals surface area contributed by atoms with Crippen LogP contribution in [0.2, 0.25) is 5.02 Å². The molecular formula is C10H8ClNO4. The zero-order chi connectivity index (χ0) is 12.1. The Hall–Kier alpha value is -1.88. The highest BCUT2D eigenvalue weighted by Gasteiger charge is 2.11. The molecule has 16 heavy (non-hydrogen) atoms. The molecule has 0 aliphatic heterocycles. The standard InChI is InChI=1S/C10H8ClNO4/c11-8-5-4-7(2-1-3-10(13)14)6-9(8)12(15)16/h1,3-6H,2H2,(H,13,14). The highest BCUT2D eigenvalue weighted by Crippen LogP contribution is 2.25. The number of benzene rings is 1. The topological polar surface area (TPSA) is 80.4 Å². The zero-order valence-electron chi connectivity index (χ0n) is 8.09. The fourth-order valence-corrected chi connectivity index (χ4v) is 1.31. The van der Waals surface area contributed by atoms with Gasteiger partial charge in [0.25, 0.3) is 5.69 Å². The number of halogens is 1. The van der Waals surface area contributed by atoms with Crippen LogP contribution in [0.1, 0.15) is 5.56 Å². The number of carboxylic acid groups (broad SMARTS) is 1. The summed E-state index contributed by atoms with van der Waals surface area (Å²) in [5.41, 5.74) is 0.455. The summed E-state index contributed by atoms with van der Waals surface area (Å²) in [6.45, 7) is 0. The third kappa shape index (κ3) is 3.36. The van der Waals surface area contributed by atoms with Crippen molar-refractivity contribution in [3.05, 3.63) is 51.1 Å². The van der Waals surface area contributed by atoms with E-state index in [0.717, 1.165) is 6.08 Å². The van der Waals surface area contributed by atoms with Gasteiger partial charge in [0.15, 0.2) is 0 Å². The summed E-state index contributed by atoms with van der Waals surface area (Å²) < 4.78 is 0. The molecule has 0 heterocycles. The third-order valence-electron chi connectivity index (χ3n) is 1.82. The van der Waals surface area contributed by atoms with Gasteiger partial charge in [0, 0.05) is 12.1 Å². The summed E-state index contributed by atoms with van der Waals surface area (Å²) in [5.74, 6) is -1.05. The van der Waals surface area contributed by atoms with Crippen molar-refractivity contribution in [2.75, 3.05) is 0 Å². The average molecular weight is 242 g/mol. The largest absolute Gasteiger partial charge is 0.478 e. The molecule has 0 atom stereocenters. The van der Waals surface area contributed by atoms with Crippen molar-refractivity contribution in [2.24, 2.45) is 0 Å². The molecule has 0 amide bonds. The van der Waals surface area contributed by atoms with Crippen LogP contribution < -0.4 is 0 Å². The van der Waals surface area contributed by atoms with Gasteiger partial charge in [0.1, 0.15) is 5.02 Å². The fraction of sp³-hybridized carbons (Fsp3) is 0.100. The fourth-order valence-electron chi connectivity index (χ4n) is 1.12. The van der Waals surface area contributed by atoms with E-state index in [0.29, 0.717) is 12.0 Å². The van der Waals surface area contributed by atoms with E-state index >= 15 is 0 Å². The lowest BCUT2D eigenvalue weighted by Crippen LogP contribution is -1.92. The molecule has 0 bridgehead atoms. The van der Waals surface area contributed by atoms with Crippen LogP contribution in [0.3, 0.4) is 0 Å². The zero-order valence-corrected chi connectivity index (χ0v) is 8.85. The first kappa shape index (κ1) is 12.2. The van der Waals surface area contributed by atoms with Crippen molar-refractivity contribution in [1.82, 2.24) is 0 Å². The second kappa shape index (κ2) is 5.27. The molecule has 6 heteroatoms. The Kier molecular flexibility index (Phi) is 4.02. The van der Waals surface area contributed by atoms with Gasteiger partial charge in [-0.1, -0.05) is 23.7 Å². The molecule has 84 valence electrons. The number of carbonyl (C=O) groups is 1. The molecule has 0 spiro atoms. The first-order valence-corrected chi connectivity index (χ1v) is 4.71. The number of nitro groups is 1. The Labute approximate surface area is 96.1 Å². The highest BCUT2D eigenvalue weighted by atomic mass is 35.5. The molecule has 1 rings (SSSR count). The third-order valence-corrected chi connectivity index (χ3v) is 2.14. The number of carboxylic acids is 1. The minimum Gasteiger partial charge on any atom is -0.478 e. The predicted octanol–water partition coefficient (Wildman–Crippen LogP) is 2.43. The van der Waals surface area contributed by atoms with E-state index in [1.807, 2.05) is 0 Å². The molecule has 0 saturated carbocycles. The quantitative estimate of drug-likeness (QED) is 0.499. The number of allylic oxidation sites excluding steroid dienone is 1. The summed E-state index contributed by atoms with van der Waals surface area (Å²) in [6.07, 6.45) is 2.71. The van der Waals surface area contributed by atoms with Gasteiger partial charge < -0.3 is 5.11 Å². The number of hydrogen-bond donors (Lipinski definition) is 1. The van der Waals surface area contributed by atoms with Crippen molar-refractivity contribution >= 4 is 23.3 Å². The summed E-state index contributed by atoms with van der Waals surface area (Å²) >= 11 is 5.62. The minimum absolute atomic E-state index is 0.0657. The van der Waals surface area contributed by atoms with Gasteiger partial charge in [-0.25, -0.2) is 4.79 Å². The van der Waals surface area contributed by atoms with Crippen molar-refractivity contribution in [3.8, 4) is 0 Å². The smallest absolute Gasteiger partial charge is 0.327 e. The molecule has 0 unspecified atom stereocenters. The van der Waals surface area contributed by atoms with Crippen LogP contribution in [-0.2, 0) is 11.2 Å². The predicted molar refractivity (Wildman–Crippen MR) is 58.6 cm³/mol. The Morgan fingerprint density at radius 3 is 2.81 bits per heavy atom. The number of rotatable bonds is 4. The van der Waals surface area contributed by atoms with E-state index in [1.165, 1.54) is 18.2 Å². The first-order chi connectivity index (χ1) is 7.50. The summed E-state index contributed by atoms with van der Waals surface area (Å²) in [5, 5.41) is 19.0. The van der Waals surface area contributed by atoms with E-state index in [1.54, 1.807) is 6.07 Å². The molecule has 5 nitrogen and oxygen atoms in total. The molecule has 0 aromatic heterocycles. The van der Waals surface area contributed by atoms with Crippen molar-refractivity contribution in [3.63, 3.8) is 0 Å². The number of hydrogen-bond acceptors (Lipinski definition) is 3. The Bertz CT molecular complexity index is 456. The molecule has 0 aliphatic rings. The lowest BCUT2D eigenvalue weighted by molar-refractivity contribution is -0.384. The molecule has 1 N–H and O–H groups in total. The van der Waals surface area contributed by atoms with Gasteiger partial charge in [0.2, 0.25) is 0 Å². The second-order valence-corrected chi connectivity index (χ2v) is 3.39. The van der Waals surface area contributed by atoms with E-state index in [-0.39, 0.29) is 10.7 Å². The highest BCUT2D eigenvalue weighted by molar-refractivity contribution is 6.32. The lowest BCUT2D eigenvalue weighted by atomic mass is 10.1. The number of nitrogens with zero attached hydrogens (tertiary/aromatic N) is 1. The second-order valence-electron chi connectivity index (χ2n) is 2.99. The Balaban J connectivity index is 2.87. The molecule has 0 saturated heterocycles. The molecule has 0 fully saturated rings. The van der Waals surface area contributed by atoms with E-state index in [4.69, 9.17) is 16.7 Å². The van der Waals surface area contributed by atoms with Crippen LogP contribution in [0, 0.1) is 10.1 Å². The first-order valence-electron chi connectivity index (χ1n) is 4.33. The van der Waals surface area contributed by atoms with Crippen LogP contribution in [0.5, 0.6) is 0 Å². The maximum atomic E-state index is 10.6. The van der Waals surface area contributed by atoms with Gasteiger partial charge in [-0.15, -0.1) is 0 Å². The van der Waals surface area contributed by atoms with Crippen LogP contribution in [-0.4, -0.2) is 16.0 Å². The summed E-state index contributed by atoms with van der Waals surface area (Å²) in [7, 11) is 0. The monoisotopic (exact) mass is 241 g/mol. The SMILES string of the molecule is O=C(O)C=CCc1ccc(Cl)c([N+](=O)[O-])c1. The van der Waals surface area contributed by atoms with E-state index in [9.17, 15) is 14.9 Å². The number of aliphatic carboxylic acids is 1. The van der Waals surface area contributed by atoms with Gasteiger partial charge >= 0.3 is 5.97 Å². The van der Waals surface area contributed by atoms with Gasteiger partial charge in [-0.2, -0.15) is 0 Å². The summed E-state index contributed by atoms with van der Waals surface area (Å²) in [6, 6.07) is 4.36. The van der Waals surface area contributed by atoms with Crippen molar-refractivity contribution in [1.29, 1.82) is 0 Å². The maximum Gasteiger partial charge on any atom is 0.327 e. The van der Waals surface area contributed by atoms with Gasteiger partial charge in [0.05, 0.1) is 4.92 Å².